The largest absolute Gasteiger partial charge is 0.507 e. The van der Waals surface area contributed by atoms with Gasteiger partial charge < -0.3 is 5.11 Å². The van der Waals surface area contributed by atoms with Crippen LogP contribution in [0.2, 0.25) is 0 Å². The number of aromatic hydroxyl groups is 1. The first-order valence-corrected chi connectivity index (χ1v) is 4.92. The average molecular weight is 178 g/mol. The summed E-state index contributed by atoms with van der Waals surface area (Å²) in [5.41, 5.74) is 4.61. The fraction of sp³-hybridized carbons (Fsp3) is 0.500. The molecule has 0 aromatic heterocycles. The molecule has 1 heteroatoms. The highest BCUT2D eigenvalue weighted by Crippen LogP contribution is 2.29. The van der Waals surface area contributed by atoms with Crippen molar-refractivity contribution in [1.29, 1.82) is 0 Å². The normalized spacial score (nSPS) is 10.5. The van der Waals surface area contributed by atoms with Crippen LogP contribution in [0.15, 0.2) is 6.07 Å². The summed E-state index contributed by atoms with van der Waals surface area (Å²) < 4.78 is 0. The standard InChI is InChI=1S/C12H18O/c1-5-10-7-8(3)11(6-2)12(13)9(10)4/h7,13H,5-6H2,1-4H3. The van der Waals surface area contributed by atoms with Crippen molar-refractivity contribution in [3.05, 3.63) is 28.3 Å². The minimum absolute atomic E-state index is 0.499. The number of hydrogen-bond donors (Lipinski definition) is 1. The summed E-state index contributed by atoms with van der Waals surface area (Å²) in [6, 6.07) is 2.19. The highest BCUT2D eigenvalue weighted by Gasteiger charge is 2.09. The SMILES string of the molecule is CCc1cc(C)c(CC)c(O)c1C. The molecule has 1 aromatic carbocycles. The van der Waals surface area contributed by atoms with Crippen molar-refractivity contribution in [3.8, 4) is 5.75 Å². The van der Waals surface area contributed by atoms with Crippen LogP contribution < -0.4 is 0 Å². The Morgan fingerprint density at radius 2 is 1.77 bits per heavy atom. The summed E-state index contributed by atoms with van der Waals surface area (Å²) in [5, 5.41) is 9.89. The number of rotatable bonds is 2. The molecule has 0 bridgehead atoms. The lowest BCUT2D eigenvalue weighted by Crippen LogP contribution is -1.95. The van der Waals surface area contributed by atoms with Gasteiger partial charge in [0.2, 0.25) is 0 Å². The molecule has 0 aliphatic heterocycles. The highest BCUT2D eigenvalue weighted by molar-refractivity contribution is 5.49. The van der Waals surface area contributed by atoms with Gasteiger partial charge in [0, 0.05) is 0 Å². The number of benzene rings is 1. The Kier molecular flexibility index (Phi) is 2.97. The molecule has 1 aromatic rings. The van der Waals surface area contributed by atoms with Gasteiger partial charge in [-0.25, -0.2) is 0 Å². The van der Waals surface area contributed by atoms with Crippen LogP contribution in [0.4, 0.5) is 0 Å². The molecular weight excluding hydrogens is 160 g/mol. The van der Waals surface area contributed by atoms with Gasteiger partial charge in [0.1, 0.15) is 5.75 Å². The van der Waals surface area contributed by atoms with Crippen LogP contribution in [-0.2, 0) is 12.8 Å². The molecule has 0 saturated carbocycles. The van der Waals surface area contributed by atoms with Crippen LogP contribution in [0.25, 0.3) is 0 Å². The zero-order chi connectivity index (χ0) is 10.0. The Balaban J connectivity index is 3.37. The Morgan fingerprint density at radius 3 is 2.23 bits per heavy atom. The summed E-state index contributed by atoms with van der Waals surface area (Å²) in [5.74, 6) is 0.499. The van der Waals surface area contributed by atoms with E-state index in [9.17, 15) is 5.11 Å². The molecular formula is C12H18O. The second-order valence-electron chi connectivity index (χ2n) is 3.51. The molecule has 0 unspecified atom stereocenters. The molecule has 0 atom stereocenters. The molecule has 0 heterocycles. The third-order valence-electron chi connectivity index (χ3n) is 2.72. The molecule has 0 saturated heterocycles. The van der Waals surface area contributed by atoms with Crippen molar-refractivity contribution < 1.29 is 5.11 Å². The van der Waals surface area contributed by atoms with E-state index in [0.29, 0.717) is 5.75 Å². The summed E-state index contributed by atoms with van der Waals surface area (Å²) in [6.07, 6.45) is 1.90. The predicted octanol–water partition coefficient (Wildman–Crippen LogP) is 3.13. The maximum atomic E-state index is 9.89. The molecule has 0 fully saturated rings. The second kappa shape index (κ2) is 3.82. The van der Waals surface area contributed by atoms with Crippen molar-refractivity contribution in [2.24, 2.45) is 0 Å². The van der Waals surface area contributed by atoms with Gasteiger partial charge in [-0.3, -0.25) is 0 Å². The van der Waals surface area contributed by atoms with E-state index in [1.54, 1.807) is 0 Å². The molecule has 0 spiro atoms. The maximum Gasteiger partial charge on any atom is 0.122 e. The molecule has 0 aliphatic rings. The van der Waals surface area contributed by atoms with E-state index in [1.165, 1.54) is 11.1 Å². The van der Waals surface area contributed by atoms with E-state index in [-0.39, 0.29) is 0 Å². The van der Waals surface area contributed by atoms with Gasteiger partial charge in [0.25, 0.3) is 0 Å². The first kappa shape index (κ1) is 10.1. The van der Waals surface area contributed by atoms with Crippen molar-refractivity contribution >= 4 is 0 Å². The zero-order valence-electron chi connectivity index (χ0n) is 8.94. The fourth-order valence-corrected chi connectivity index (χ4v) is 1.84. The lowest BCUT2D eigenvalue weighted by molar-refractivity contribution is 0.463. The van der Waals surface area contributed by atoms with Crippen molar-refractivity contribution in [2.45, 2.75) is 40.5 Å². The molecule has 1 nitrogen and oxygen atoms in total. The van der Waals surface area contributed by atoms with Gasteiger partial charge in [-0.2, -0.15) is 0 Å². The lowest BCUT2D eigenvalue weighted by Gasteiger charge is -2.12. The van der Waals surface area contributed by atoms with E-state index in [2.05, 4.69) is 26.8 Å². The van der Waals surface area contributed by atoms with Crippen LogP contribution in [0, 0.1) is 13.8 Å². The summed E-state index contributed by atoms with van der Waals surface area (Å²) in [7, 11) is 0. The van der Waals surface area contributed by atoms with Crippen molar-refractivity contribution in [2.75, 3.05) is 0 Å². The topological polar surface area (TPSA) is 20.2 Å². The summed E-state index contributed by atoms with van der Waals surface area (Å²) in [4.78, 5) is 0. The van der Waals surface area contributed by atoms with Gasteiger partial charge in [-0.05, 0) is 48.9 Å². The number of phenolic OH excluding ortho intramolecular Hbond substituents is 1. The summed E-state index contributed by atoms with van der Waals surface area (Å²) in [6.45, 7) is 8.25. The monoisotopic (exact) mass is 178 g/mol. The zero-order valence-corrected chi connectivity index (χ0v) is 8.94. The Hall–Kier alpha value is -0.980. The first-order valence-electron chi connectivity index (χ1n) is 4.92. The van der Waals surface area contributed by atoms with Gasteiger partial charge >= 0.3 is 0 Å². The quantitative estimate of drug-likeness (QED) is 0.737. The van der Waals surface area contributed by atoms with Gasteiger partial charge in [0.15, 0.2) is 0 Å². The van der Waals surface area contributed by atoms with Crippen molar-refractivity contribution in [3.63, 3.8) is 0 Å². The fourth-order valence-electron chi connectivity index (χ4n) is 1.84. The lowest BCUT2D eigenvalue weighted by atomic mass is 9.96. The Morgan fingerprint density at radius 1 is 1.15 bits per heavy atom. The van der Waals surface area contributed by atoms with E-state index in [0.717, 1.165) is 24.0 Å². The maximum absolute atomic E-state index is 9.89. The second-order valence-corrected chi connectivity index (χ2v) is 3.51. The van der Waals surface area contributed by atoms with Gasteiger partial charge in [0.05, 0.1) is 0 Å². The third kappa shape index (κ3) is 1.69. The molecule has 72 valence electrons. The minimum Gasteiger partial charge on any atom is -0.507 e. The molecule has 0 radical (unpaired) electrons. The molecule has 1 rings (SSSR count). The van der Waals surface area contributed by atoms with Crippen molar-refractivity contribution in [1.82, 2.24) is 0 Å². The van der Waals surface area contributed by atoms with E-state index in [1.807, 2.05) is 6.92 Å². The molecule has 13 heavy (non-hydrogen) atoms. The molecule has 0 amide bonds. The van der Waals surface area contributed by atoms with Crippen LogP contribution in [0.3, 0.4) is 0 Å². The smallest absolute Gasteiger partial charge is 0.122 e. The number of aryl methyl sites for hydroxylation is 2. The highest BCUT2D eigenvalue weighted by atomic mass is 16.3. The van der Waals surface area contributed by atoms with Gasteiger partial charge in [-0.1, -0.05) is 19.9 Å². The van der Waals surface area contributed by atoms with E-state index in [4.69, 9.17) is 0 Å². The van der Waals surface area contributed by atoms with Gasteiger partial charge in [-0.15, -0.1) is 0 Å². The van der Waals surface area contributed by atoms with E-state index < -0.39 is 0 Å². The summed E-state index contributed by atoms with van der Waals surface area (Å²) >= 11 is 0. The average Bonchev–Trinajstić information content (AvgIpc) is 2.12. The van der Waals surface area contributed by atoms with Crippen LogP contribution in [0.5, 0.6) is 5.75 Å². The van der Waals surface area contributed by atoms with Crippen LogP contribution in [0.1, 0.15) is 36.1 Å². The van der Waals surface area contributed by atoms with Crippen LogP contribution >= 0.6 is 0 Å². The minimum atomic E-state index is 0.499. The Labute approximate surface area is 80.4 Å². The molecule has 1 N–H and O–H groups in total. The number of hydrogen-bond acceptors (Lipinski definition) is 1. The van der Waals surface area contributed by atoms with E-state index >= 15 is 0 Å². The number of phenols is 1. The van der Waals surface area contributed by atoms with Crippen LogP contribution in [-0.4, -0.2) is 5.11 Å². The first-order chi connectivity index (χ1) is 6.11. The third-order valence-corrected chi connectivity index (χ3v) is 2.72. The predicted molar refractivity (Wildman–Crippen MR) is 56.3 cm³/mol. The molecule has 0 aliphatic carbocycles. The Bertz CT molecular complexity index is 313.